The number of hydrogen-bond donors (Lipinski definition) is 2. The maximum absolute atomic E-state index is 10.8. The Morgan fingerprint density at radius 1 is 1.31 bits per heavy atom. The van der Waals surface area contributed by atoms with Crippen LogP contribution in [0.4, 0.5) is 0 Å². The second kappa shape index (κ2) is 4.36. The number of carbonyl (C=O) groups is 1. The van der Waals surface area contributed by atoms with E-state index in [2.05, 4.69) is 6.92 Å². The lowest BCUT2D eigenvalue weighted by atomic mass is 9.58. The standard InChI is InChI=1S/C13H22O3/c1-2-9-5-3-4-6-11(9)13(16)7-10(8-13)12(14)15/h9-11,16H,2-8H2,1H3,(H,14,15). The number of carboxylic acids is 1. The van der Waals surface area contributed by atoms with Crippen molar-refractivity contribution in [2.45, 2.75) is 57.5 Å². The van der Waals surface area contributed by atoms with Crippen molar-refractivity contribution in [1.29, 1.82) is 0 Å². The summed E-state index contributed by atoms with van der Waals surface area (Å²) in [7, 11) is 0. The predicted octanol–water partition coefficient (Wildman–Crippen LogP) is 2.43. The van der Waals surface area contributed by atoms with Crippen molar-refractivity contribution in [3.05, 3.63) is 0 Å². The minimum atomic E-state index is -0.742. The largest absolute Gasteiger partial charge is 0.481 e. The molecule has 0 spiro atoms. The van der Waals surface area contributed by atoms with Gasteiger partial charge in [0.05, 0.1) is 11.5 Å². The minimum Gasteiger partial charge on any atom is -0.481 e. The summed E-state index contributed by atoms with van der Waals surface area (Å²) in [6, 6.07) is 0. The van der Waals surface area contributed by atoms with Gasteiger partial charge in [-0.2, -0.15) is 0 Å². The molecule has 3 nitrogen and oxygen atoms in total. The normalized spacial score (nSPS) is 43.8. The molecule has 2 atom stereocenters. The molecule has 2 fully saturated rings. The average Bonchev–Trinajstić information content (AvgIpc) is 2.24. The molecule has 2 aliphatic carbocycles. The Morgan fingerprint density at radius 2 is 1.94 bits per heavy atom. The van der Waals surface area contributed by atoms with Crippen LogP contribution >= 0.6 is 0 Å². The van der Waals surface area contributed by atoms with E-state index in [1.165, 1.54) is 19.3 Å². The minimum absolute atomic E-state index is 0.301. The van der Waals surface area contributed by atoms with Crippen LogP contribution < -0.4 is 0 Å². The number of aliphatic hydroxyl groups is 1. The number of carboxylic acid groups (broad SMARTS) is 1. The van der Waals surface area contributed by atoms with E-state index in [9.17, 15) is 9.90 Å². The number of aliphatic carboxylic acids is 1. The van der Waals surface area contributed by atoms with E-state index in [4.69, 9.17) is 5.11 Å². The summed E-state index contributed by atoms with van der Waals surface area (Å²) in [5.41, 5.74) is -0.663. The lowest BCUT2D eigenvalue weighted by Crippen LogP contribution is -2.54. The molecular formula is C13H22O3. The van der Waals surface area contributed by atoms with E-state index < -0.39 is 11.6 Å². The molecule has 2 unspecified atom stereocenters. The summed E-state index contributed by atoms with van der Waals surface area (Å²) in [5, 5.41) is 19.4. The predicted molar refractivity (Wildman–Crippen MR) is 61.0 cm³/mol. The third-order valence-corrected chi connectivity index (χ3v) is 4.67. The zero-order valence-electron chi connectivity index (χ0n) is 9.98. The maximum atomic E-state index is 10.8. The third kappa shape index (κ3) is 1.97. The zero-order valence-corrected chi connectivity index (χ0v) is 9.98. The van der Waals surface area contributed by atoms with Gasteiger partial charge in [0.1, 0.15) is 0 Å². The summed E-state index contributed by atoms with van der Waals surface area (Å²) in [4.78, 5) is 10.8. The van der Waals surface area contributed by atoms with Crippen LogP contribution in [-0.2, 0) is 4.79 Å². The fourth-order valence-corrected chi connectivity index (χ4v) is 3.67. The Bertz CT molecular complexity index is 268. The summed E-state index contributed by atoms with van der Waals surface area (Å²) in [6.45, 7) is 2.18. The Hall–Kier alpha value is -0.570. The first-order valence-electron chi connectivity index (χ1n) is 6.52. The number of hydrogen-bond acceptors (Lipinski definition) is 2. The summed E-state index contributed by atoms with van der Waals surface area (Å²) >= 11 is 0. The molecule has 0 aromatic carbocycles. The van der Waals surface area contributed by atoms with Crippen LogP contribution in [0.25, 0.3) is 0 Å². The van der Waals surface area contributed by atoms with Gasteiger partial charge in [-0.3, -0.25) is 4.79 Å². The molecule has 2 rings (SSSR count). The molecule has 0 radical (unpaired) electrons. The highest BCUT2D eigenvalue weighted by Gasteiger charge is 2.52. The van der Waals surface area contributed by atoms with E-state index in [0.717, 1.165) is 12.8 Å². The Kier molecular flexibility index (Phi) is 3.24. The van der Waals surface area contributed by atoms with Gasteiger partial charge < -0.3 is 10.2 Å². The van der Waals surface area contributed by atoms with Gasteiger partial charge in [0.15, 0.2) is 0 Å². The van der Waals surface area contributed by atoms with Gasteiger partial charge in [-0.05, 0) is 31.1 Å². The second-order valence-corrected chi connectivity index (χ2v) is 5.61. The molecule has 0 amide bonds. The monoisotopic (exact) mass is 226 g/mol. The van der Waals surface area contributed by atoms with Crippen molar-refractivity contribution < 1.29 is 15.0 Å². The van der Waals surface area contributed by atoms with Gasteiger partial charge in [0, 0.05) is 0 Å². The lowest BCUT2D eigenvalue weighted by Gasteiger charge is -2.51. The molecular weight excluding hydrogens is 204 g/mol. The molecule has 2 N–H and O–H groups in total. The SMILES string of the molecule is CCC1CCCCC1C1(O)CC(C(=O)O)C1. The summed E-state index contributed by atoms with van der Waals surface area (Å²) in [5.74, 6) is -0.0895. The van der Waals surface area contributed by atoms with Gasteiger partial charge in [-0.15, -0.1) is 0 Å². The highest BCUT2D eigenvalue weighted by atomic mass is 16.4. The molecule has 0 bridgehead atoms. The van der Waals surface area contributed by atoms with Gasteiger partial charge in [-0.1, -0.05) is 32.6 Å². The van der Waals surface area contributed by atoms with Gasteiger partial charge in [0.25, 0.3) is 0 Å². The van der Waals surface area contributed by atoms with Gasteiger partial charge in [-0.25, -0.2) is 0 Å². The first kappa shape index (κ1) is 11.9. The summed E-state index contributed by atoms with van der Waals surface area (Å²) < 4.78 is 0. The van der Waals surface area contributed by atoms with Crippen LogP contribution in [0.1, 0.15) is 51.9 Å². The molecule has 3 heteroatoms. The smallest absolute Gasteiger partial charge is 0.306 e. The highest BCUT2D eigenvalue weighted by molar-refractivity contribution is 5.71. The molecule has 0 aromatic heterocycles. The van der Waals surface area contributed by atoms with Crippen LogP contribution in [0.2, 0.25) is 0 Å². The third-order valence-electron chi connectivity index (χ3n) is 4.67. The molecule has 92 valence electrons. The first-order chi connectivity index (χ1) is 7.57. The van der Waals surface area contributed by atoms with Crippen molar-refractivity contribution >= 4 is 5.97 Å². The Morgan fingerprint density at radius 3 is 2.50 bits per heavy atom. The van der Waals surface area contributed by atoms with E-state index in [0.29, 0.717) is 24.7 Å². The lowest BCUT2D eigenvalue weighted by molar-refractivity contribution is -0.174. The van der Waals surface area contributed by atoms with Gasteiger partial charge >= 0.3 is 5.97 Å². The van der Waals surface area contributed by atoms with E-state index >= 15 is 0 Å². The van der Waals surface area contributed by atoms with Crippen molar-refractivity contribution in [1.82, 2.24) is 0 Å². The van der Waals surface area contributed by atoms with Crippen LogP contribution in [-0.4, -0.2) is 21.8 Å². The topological polar surface area (TPSA) is 57.5 Å². The summed E-state index contributed by atoms with van der Waals surface area (Å²) in [6.07, 6.45) is 6.83. The molecule has 0 saturated heterocycles. The molecule has 2 saturated carbocycles. The highest BCUT2D eigenvalue weighted by Crippen LogP contribution is 2.50. The molecule has 0 aliphatic heterocycles. The molecule has 0 aromatic rings. The van der Waals surface area contributed by atoms with E-state index in [1.54, 1.807) is 0 Å². The fourth-order valence-electron chi connectivity index (χ4n) is 3.67. The molecule has 2 aliphatic rings. The van der Waals surface area contributed by atoms with Crippen molar-refractivity contribution in [3.63, 3.8) is 0 Å². The fraction of sp³-hybridized carbons (Fsp3) is 0.923. The molecule has 16 heavy (non-hydrogen) atoms. The Balaban J connectivity index is 1.98. The van der Waals surface area contributed by atoms with Crippen LogP contribution in [0.5, 0.6) is 0 Å². The second-order valence-electron chi connectivity index (χ2n) is 5.61. The van der Waals surface area contributed by atoms with Crippen LogP contribution in [0.15, 0.2) is 0 Å². The quantitative estimate of drug-likeness (QED) is 0.777. The van der Waals surface area contributed by atoms with Crippen molar-refractivity contribution in [2.24, 2.45) is 17.8 Å². The number of rotatable bonds is 3. The Labute approximate surface area is 96.9 Å². The average molecular weight is 226 g/mol. The van der Waals surface area contributed by atoms with Crippen LogP contribution in [0.3, 0.4) is 0 Å². The zero-order chi connectivity index (χ0) is 11.8. The van der Waals surface area contributed by atoms with Crippen molar-refractivity contribution in [2.75, 3.05) is 0 Å². The first-order valence-corrected chi connectivity index (χ1v) is 6.52. The van der Waals surface area contributed by atoms with Crippen molar-refractivity contribution in [3.8, 4) is 0 Å². The van der Waals surface area contributed by atoms with E-state index in [-0.39, 0.29) is 5.92 Å². The van der Waals surface area contributed by atoms with Crippen LogP contribution in [0, 0.1) is 17.8 Å². The van der Waals surface area contributed by atoms with E-state index in [1.807, 2.05) is 0 Å². The maximum Gasteiger partial charge on any atom is 0.306 e. The molecule has 0 heterocycles. The van der Waals surface area contributed by atoms with Gasteiger partial charge in [0.2, 0.25) is 0 Å².